The lowest BCUT2D eigenvalue weighted by atomic mass is 9.71. The minimum atomic E-state index is -0.283. The van der Waals surface area contributed by atoms with Crippen LogP contribution in [-0.4, -0.2) is 44.5 Å². The summed E-state index contributed by atoms with van der Waals surface area (Å²) in [5, 5.41) is 14.2. The number of hydrogen-bond donors (Lipinski definition) is 4. The maximum absolute atomic E-state index is 12.6. The largest absolute Gasteiger partial charge is 0.370 e. The number of primary amides is 1. The summed E-state index contributed by atoms with van der Waals surface area (Å²) in [6.45, 7) is 0.929. The van der Waals surface area contributed by atoms with Gasteiger partial charge in [0.05, 0.1) is 17.8 Å². The molecule has 1 aliphatic rings. The van der Waals surface area contributed by atoms with Crippen LogP contribution in [0.15, 0.2) is 77.7 Å². The number of pyridine rings is 2. The van der Waals surface area contributed by atoms with Crippen molar-refractivity contribution in [2.75, 3.05) is 13.1 Å². The van der Waals surface area contributed by atoms with E-state index in [9.17, 15) is 14.4 Å². The minimum absolute atomic E-state index is 0.00720. The van der Waals surface area contributed by atoms with Crippen LogP contribution in [0, 0.1) is 0 Å². The van der Waals surface area contributed by atoms with Crippen molar-refractivity contribution in [1.29, 1.82) is 0 Å². The van der Waals surface area contributed by atoms with Gasteiger partial charge < -0.3 is 11.1 Å². The molecule has 45 heavy (non-hydrogen) atoms. The predicted octanol–water partition coefficient (Wildman–Crippen LogP) is 4.82. The zero-order chi connectivity index (χ0) is 31.2. The Morgan fingerprint density at radius 1 is 0.933 bits per heavy atom. The number of nitrogens with one attached hydrogen (secondary N) is 3. The second-order valence-electron chi connectivity index (χ2n) is 11.9. The van der Waals surface area contributed by atoms with E-state index in [1.165, 1.54) is 9.96 Å². The second-order valence-corrected chi connectivity index (χ2v) is 11.9. The van der Waals surface area contributed by atoms with Gasteiger partial charge in [0, 0.05) is 41.2 Å². The van der Waals surface area contributed by atoms with Crippen LogP contribution >= 0.6 is 0 Å². The molecule has 10 nitrogen and oxygen atoms in total. The van der Waals surface area contributed by atoms with Crippen LogP contribution in [0.3, 0.4) is 0 Å². The predicted molar refractivity (Wildman–Crippen MR) is 175 cm³/mol. The number of fused-ring (bicyclic) bond motifs is 3. The molecule has 10 heteroatoms. The first-order valence-corrected chi connectivity index (χ1v) is 15.8. The summed E-state index contributed by atoms with van der Waals surface area (Å²) in [5.74, 6) is -0.237. The summed E-state index contributed by atoms with van der Waals surface area (Å²) in [6, 6.07) is 22.5. The van der Waals surface area contributed by atoms with Crippen LogP contribution < -0.4 is 22.1 Å². The summed E-state index contributed by atoms with van der Waals surface area (Å²) in [6.07, 6.45) is 10.0. The van der Waals surface area contributed by atoms with Gasteiger partial charge in [-0.1, -0.05) is 73.9 Å². The van der Waals surface area contributed by atoms with Gasteiger partial charge in [-0.2, -0.15) is 5.10 Å². The van der Waals surface area contributed by atoms with E-state index in [0.717, 1.165) is 84.7 Å². The van der Waals surface area contributed by atoms with Crippen molar-refractivity contribution in [3.8, 4) is 22.4 Å². The molecule has 0 spiro atoms. The molecule has 1 aliphatic carbocycles. The number of unbranched alkanes of at least 4 members (excludes halogenated alkanes) is 4. The topological polar surface area (TPSA) is 147 Å². The number of aromatic nitrogens is 4. The van der Waals surface area contributed by atoms with Crippen molar-refractivity contribution in [1.82, 2.24) is 30.2 Å². The van der Waals surface area contributed by atoms with Crippen LogP contribution in [0.4, 0.5) is 0 Å². The fourth-order valence-electron chi connectivity index (χ4n) is 6.21. The molecular weight excluding hydrogens is 566 g/mol. The minimum Gasteiger partial charge on any atom is -0.370 e. The van der Waals surface area contributed by atoms with Crippen molar-refractivity contribution in [3.05, 3.63) is 89.0 Å². The molecule has 3 heterocycles. The third kappa shape index (κ3) is 6.66. The quantitative estimate of drug-likeness (QED) is 0.134. The molecular formula is C35H39N7O3. The van der Waals surface area contributed by atoms with Gasteiger partial charge in [-0.3, -0.25) is 14.9 Å². The highest BCUT2D eigenvalue weighted by Gasteiger charge is 2.38. The molecule has 5 aromatic rings. The Balaban J connectivity index is 1.15. The number of nitrogens with two attached hydrogens (primary N) is 1. The zero-order valence-electron chi connectivity index (χ0n) is 25.4. The first-order valence-electron chi connectivity index (χ1n) is 15.8. The van der Waals surface area contributed by atoms with Crippen LogP contribution in [0.5, 0.6) is 0 Å². The Morgan fingerprint density at radius 2 is 1.69 bits per heavy atom. The average Bonchev–Trinajstić information content (AvgIpc) is 3.42. The molecule has 1 fully saturated rings. The van der Waals surface area contributed by atoms with Gasteiger partial charge in [-0.25, -0.2) is 19.3 Å². The molecule has 2 aromatic carbocycles. The van der Waals surface area contributed by atoms with Crippen molar-refractivity contribution in [2.45, 2.75) is 63.3 Å². The highest BCUT2D eigenvalue weighted by atomic mass is 16.2. The molecule has 0 bridgehead atoms. The lowest BCUT2D eigenvalue weighted by Gasteiger charge is -2.43. The maximum atomic E-state index is 12.6. The first-order chi connectivity index (χ1) is 21.9. The van der Waals surface area contributed by atoms with E-state index in [2.05, 4.69) is 63.3 Å². The van der Waals surface area contributed by atoms with Crippen LogP contribution in [-0.2, 0) is 15.1 Å². The number of aromatic amines is 1. The Morgan fingerprint density at radius 3 is 2.42 bits per heavy atom. The van der Waals surface area contributed by atoms with Gasteiger partial charge >= 0.3 is 5.69 Å². The molecule has 0 saturated heterocycles. The standard InChI is InChI=1S/C35H39N7O3/c36-30(43)12-7-2-1-3-8-20-37-31(44)23-38-35(18-9-19-35)26-15-13-25(14-16-26)32-27(24-10-5-4-6-11-24)22-28-29(39-32)17-21-42-33(28)40-41-34(42)45/h4-6,10-11,13-17,21-22,38H,1-3,7-9,12,18-20,23H2,(H2,36,43)(H,37,44)(H,41,45). The Hall–Kier alpha value is -4.83. The molecule has 2 amide bonds. The zero-order valence-corrected chi connectivity index (χ0v) is 25.4. The lowest BCUT2D eigenvalue weighted by Crippen LogP contribution is -2.51. The Bertz CT molecular complexity index is 1860. The van der Waals surface area contributed by atoms with E-state index in [-0.39, 0.29) is 29.6 Å². The van der Waals surface area contributed by atoms with E-state index >= 15 is 0 Å². The average molecular weight is 606 g/mol. The van der Waals surface area contributed by atoms with E-state index in [1.54, 1.807) is 6.20 Å². The molecule has 232 valence electrons. The molecule has 5 N–H and O–H groups in total. The summed E-state index contributed by atoms with van der Waals surface area (Å²) in [5.41, 5.74) is 11.0. The first kappa shape index (κ1) is 30.2. The summed E-state index contributed by atoms with van der Waals surface area (Å²) < 4.78 is 1.50. The number of H-pyrrole nitrogens is 1. The monoisotopic (exact) mass is 605 g/mol. The summed E-state index contributed by atoms with van der Waals surface area (Å²) >= 11 is 0. The molecule has 0 atom stereocenters. The van der Waals surface area contributed by atoms with Gasteiger partial charge in [0.15, 0.2) is 5.65 Å². The number of benzene rings is 2. The smallest absolute Gasteiger partial charge is 0.347 e. The van der Waals surface area contributed by atoms with E-state index < -0.39 is 0 Å². The Labute approximate surface area is 261 Å². The molecule has 1 saturated carbocycles. The number of carbonyl (C=O) groups excluding carboxylic acids is 2. The van der Waals surface area contributed by atoms with Crippen molar-refractivity contribution in [3.63, 3.8) is 0 Å². The van der Waals surface area contributed by atoms with Gasteiger partial charge in [-0.05, 0) is 55.4 Å². The van der Waals surface area contributed by atoms with Gasteiger partial charge in [0.1, 0.15) is 0 Å². The lowest BCUT2D eigenvalue weighted by molar-refractivity contribution is -0.121. The van der Waals surface area contributed by atoms with Crippen LogP contribution in [0.2, 0.25) is 0 Å². The van der Waals surface area contributed by atoms with E-state index in [0.29, 0.717) is 18.6 Å². The highest BCUT2D eigenvalue weighted by molar-refractivity contribution is 5.98. The number of rotatable bonds is 14. The number of nitrogens with zero attached hydrogens (tertiary/aromatic N) is 3. The van der Waals surface area contributed by atoms with Crippen molar-refractivity contribution in [2.24, 2.45) is 5.73 Å². The molecule has 0 radical (unpaired) electrons. The van der Waals surface area contributed by atoms with Crippen molar-refractivity contribution >= 4 is 28.4 Å². The number of hydrogen-bond acceptors (Lipinski definition) is 6. The van der Waals surface area contributed by atoms with Gasteiger partial charge in [0.25, 0.3) is 0 Å². The highest BCUT2D eigenvalue weighted by Crippen LogP contribution is 2.42. The van der Waals surface area contributed by atoms with E-state index in [1.807, 2.05) is 24.3 Å². The van der Waals surface area contributed by atoms with E-state index in [4.69, 9.17) is 10.7 Å². The SMILES string of the molecule is NC(=O)CCCCCCCNC(=O)CNC1(c2ccc(-c3nc4ccn5c(=O)[nH]nc5c4cc3-c3ccccc3)cc2)CCC1. The van der Waals surface area contributed by atoms with Crippen LogP contribution in [0.25, 0.3) is 38.9 Å². The second kappa shape index (κ2) is 13.4. The Kier molecular flexibility index (Phi) is 9.02. The normalized spacial score (nSPS) is 14.0. The molecule has 3 aromatic heterocycles. The van der Waals surface area contributed by atoms with Crippen LogP contribution in [0.1, 0.15) is 63.4 Å². The molecule has 0 aliphatic heterocycles. The fourth-order valence-corrected chi connectivity index (χ4v) is 6.21. The van der Waals surface area contributed by atoms with Crippen molar-refractivity contribution < 1.29 is 9.59 Å². The van der Waals surface area contributed by atoms with Gasteiger partial charge in [-0.15, -0.1) is 0 Å². The third-order valence-electron chi connectivity index (χ3n) is 8.89. The third-order valence-corrected chi connectivity index (χ3v) is 8.89. The maximum Gasteiger partial charge on any atom is 0.347 e. The number of amides is 2. The number of carbonyl (C=O) groups is 2. The summed E-state index contributed by atoms with van der Waals surface area (Å²) in [4.78, 5) is 40.7. The fraction of sp³-hybridized carbons (Fsp3) is 0.343. The molecule has 0 unspecified atom stereocenters. The van der Waals surface area contributed by atoms with Gasteiger partial charge in [0.2, 0.25) is 11.8 Å². The summed E-state index contributed by atoms with van der Waals surface area (Å²) in [7, 11) is 0. The molecule has 6 rings (SSSR count).